The average molecular weight is 342 g/mol. The molecule has 0 saturated heterocycles. The van der Waals surface area contributed by atoms with E-state index < -0.39 is 5.60 Å². The number of carbonyl (C=O) groups is 1. The third kappa shape index (κ3) is 6.19. The van der Waals surface area contributed by atoms with E-state index in [2.05, 4.69) is 23.8 Å². The molecule has 4 heteroatoms. The highest BCUT2D eigenvalue weighted by Gasteiger charge is 2.20. The van der Waals surface area contributed by atoms with Crippen LogP contribution in [0.3, 0.4) is 0 Å². The molecule has 136 valence electrons. The van der Waals surface area contributed by atoms with Gasteiger partial charge in [-0.2, -0.15) is 0 Å². The molecule has 1 fully saturated rings. The fourth-order valence-corrected chi connectivity index (χ4v) is 3.08. The van der Waals surface area contributed by atoms with Crippen molar-refractivity contribution in [1.29, 1.82) is 0 Å². The largest absolute Gasteiger partial charge is 0.378 e. The number of carbonyl (C=O) groups excluding carboxylic acids is 1. The standard InChI is InChI=1S/C21H30N2O2/c1-21(2,25)14-13-17-9-11-18(12-10-17)20(24)23(4)16-15-22(3)19-7-5-6-8-19/h9-12,19,25H,5-8,15-16H2,1-4H3. The van der Waals surface area contributed by atoms with Crippen molar-refractivity contribution in [2.45, 2.75) is 51.2 Å². The Bertz CT molecular complexity index is 629. The van der Waals surface area contributed by atoms with Crippen LogP contribution in [0.1, 0.15) is 55.5 Å². The normalized spacial score (nSPS) is 15.1. The van der Waals surface area contributed by atoms with Crippen molar-refractivity contribution in [1.82, 2.24) is 9.80 Å². The fourth-order valence-electron chi connectivity index (χ4n) is 3.08. The molecule has 0 aliphatic heterocycles. The van der Waals surface area contributed by atoms with Gasteiger partial charge in [0, 0.05) is 37.3 Å². The Morgan fingerprint density at radius 3 is 2.32 bits per heavy atom. The first-order valence-corrected chi connectivity index (χ1v) is 9.07. The average Bonchev–Trinajstić information content (AvgIpc) is 3.11. The molecule has 0 atom stereocenters. The van der Waals surface area contributed by atoms with Crippen molar-refractivity contribution in [2.75, 3.05) is 27.2 Å². The number of benzene rings is 1. The molecule has 1 N–H and O–H groups in total. The lowest BCUT2D eigenvalue weighted by Gasteiger charge is -2.26. The number of hydrogen-bond donors (Lipinski definition) is 1. The third-order valence-electron chi connectivity index (χ3n) is 4.73. The first-order chi connectivity index (χ1) is 11.8. The molecule has 0 spiro atoms. The summed E-state index contributed by atoms with van der Waals surface area (Å²) in [7, 11) is 4.01. The van der Waals surface area contributed by atoms with Crippen molar-refractivity contribution in [2.24, 2.45) is 0 Å². The molecule has 25 heavy (non-hydrogen) atoms. The van der Waals surface area contributed by atoms with Gasteiger partial charge in [-0.3, -0.25) is 4.79 Å². The Morgan fingerprint density at radius 2 is 1.76 bits per heavy atom. The van der Waals surface area contributed by atoms with Crippen LogP contribution in [0, 0.1) is 11.8 Å². The van der Waals surface area contributed by atoms with Gasteiger partial charge < -0.3 is 14.9 Å². The maximum atomic E-state index is 12.5. The quantitative estimate of drug-likeness (QED) is 0.837. The Kier molecular flexibility index (Phi) is 6.64. The van der Waals surface area contributed by atoms with Crippen LogP contribution in [-0.4, -0.2) is 59.6 Å². The summed E-state index contributed by atoms with van der Waals surface area (Å²) in [6, 6.07) is 7.92. The van der Waals surface area contributed by atoms with Crippen molar-refractivity contribution in [3.05, 3.63) is 35.4 Å². The number of aliphatic hydroxyl groups is 1. The number of likely N-dealkylation sites (N-methyl/N-ethyl adjacent to an activating group) is 2. The summed E-state index contributed by atoms with van der Waals surface area (Å²) >= 11 is 0. The zero-order chi connectivity index (χ0) is 18.4. The molecule has 0 aromatic heterocycles. The predicted octanol–water partition coefficient (Wildman–Crippen LogP) is 2.76. The molecule has 1 aliphatic carbocycles. The summed E-state index contributed by atoms with van der Waals surface area (Å²) in [6.45, 7) is 4.93. The highest BCUT2D eigenvalue weighted by atomic mass is 16.3. The molecule has 1 aliphatic rings. The van der Waals surface area contributed by atoms with E-state index in [1.165, 1.54) is 25.7 Å². The minimum Gasteiger partial charge on any atom is -0.378 e. The lowest BCUT2D eigenvalue weighted by molar-refractivity contribution is 0.0774. The summed E-state index contributed by atoms with van der Waals surface area (Å²) in [5.74, 6) is 5.72. The molecule has 1 aromatic rings. The van der Waals surface area contributed by atoms with Gasteiger partial charge in [-0.25, -0.2) is 0 Å². The van der Waals surface area contributed by atoms with Crippen LogP contribution in [0.15, 0.2) is 24.3 Å². The molecule has 0 bridgehead atoms. The minimum atomic E-state index is -1.01. The fraction of sp³-hybridized carbons (Fsp3) is 0.571. The summed E-state index contributed by atoms with van der Waals surface area (Å²) in [5, 5.41) is 9.64. The van der Waals surface area contributed by atoms with Crippen molar-refractivity contribution in [3.63, 3.8) is 0 Å². The van der Waals surface area contributed by atoms with E-state index in [-0.39, 0.29) is 5.91 Å². The van der Waals surface area contributed by atoms with E-state index in [1.54, 1.807) is 30.9 Å². The van der Waals surface area contributed by atoms with E-state index in [9.17, 15) is 9.90 Å². The topological polar surface area (TPSA) is 43.8 Å². The number of nitrogens with zero attached hydrogens (tertiary/aromatic N) is 2. The molecular weight excluding hydrogens is 312 g/mol. The summed E-state index contributed by atoms with van der Waals surface area (Å²) < 4.78 is 0. The molecule has 1 saturated carbocycles. The van der Waals surface area contributed by atoms with Crippen molar-refractivity contribution >= 4 is 5.91 Å². The van der Waals surface area contributed by atoms with E-state index >= 15 is 0 Å². The zero-order valence-corrected chi connectivity index (χ0v) is 15.9. The van der Waals surface area contributed by atoms with E-state index in [0.717, 1.165) is 18.7 Å². The van der Waals surface area contributed by atoms with Crippen LogP contribution in [0.5, 0.6) is 0 Å². The summed E-state index contributed by atoms with van der Waals surface area (Å²) in [6.07, 6.45) is 5.21. The van der Waals surface area contributed by atoms with Crippen LogP contribution < -0.4 is 0 Å². The van der Waals surface area contributed by atoms with Crippen LogP contribution in [0.2, 0.25) is 0 Å². The second-order valence-corrected chi connectivity index (χ2v) is 7.53. The van der Waals surface area contributed by atoms with Crippen LogP contribution in [0.25, 0.3) is 0 Å². The number of hydrogen-bond acceptors (Lipinski definition) is 3. The maximum absolute atomic E-state index is 12.5. The molecule has 1 amide bonds. The molecule has 0 unspecified atom stereocenters. The molecule has 2 rings (SSSR count). The second kappa shape index (κ2) is 8.51. The van der Waals surface area contributed by atoms with E-state index in [1.807, 2.05) is 19.2 Å². The summed E-state index contributed by atoms with van der Waals surface area (Å²) in [4.78, 5) is 16.7. The van der Waals surface area contributed by atoms with Crippen LogP contribution >= 0.6 is 0 Å². The smallest absolute Gasteiger partial charge is 0.253 e. The molecule has 0 heterocycles. The van der Waals surface area contributed by atoms with Gasteiger partial charge in [0.05, 0.1) is 0 Å². The van der Waals surface area contributed by atoms with E-state index in [4.69, 9.17) is 0 Å². The Labute approximate surface area is 151 Å². The molecular formula is C21H30N2O2. The Balaban J connectivity index is 1.89. The molecule has 4 nitrogen and oxygen atoms in total. The van der Waals surface area contributed by atoms with Gasteiger partial charge in [0.2, 0.25) is 0 Å². The lowest BCUT2D eigenvalue weighted by Crippen LogP contribution is -2.38. The van der Waals surface area contributed by atoms with Gasteiger partial charge in [0.1, 0.15) is 5.60 Å². The molecule has 0 radical (unpaired) electrons. The van der Waals surface area contributed by atoms with Crippen molar-refractivity contribution in [3.8, 4) is 11.8 Å². The summed E-state index contributed by atoms with van der Waals surface area (Å²) in [5.41, 5.74) is 0.446. The SMILES string of the molecule is CN(CCN(C)C1CCCC1)C(=O)c1ccc(C#CC(C)(C)O)cc1. The highest BCUT2D eigenvalue weighted by molar-refractivity contribution is 5.94. The minimum absolute atomic E-state index is 0.0295. The van der Waals surface area contributed by atoms with Gasteiger partial charge in [-0.15, -0.1) is 0 Å². The lowest BCUT2D eigenvalue weighted by atomic mass is 10.1. The van der Waals surface area contributed by atoms with Gasteiger partial charge in [0.25, 0.3) is 5.91 Å². The van der Waals surface area contributed by atoms with Gasteiger partial charge >= 0.3 is 0 Å². The first kappa shape index (κ1) is 19.5. The second-order valence-electron chi connectivity index (χ2n) is 7.53. The monoisotopic (exact) mass is 342 g/mol. The van der Waals surface area contributed by atoms with Gasteiger partial charge in [-0.05, 0) is 58.0 Å². The molecule has 1 aromatic carbocycles. The van der Waals surface area contributed by atoms with Crippen LogP contribution in [0.4, 0.5) is 0 Å². The first-order valence-electron chi connectivity index (χ1n) is 9.07. The highest BCUT2D eigenvalue weighted by Crippen LogP contribution is 2.22. The predicted molar refractivity (Wildman–Crippen MR) is 101 cm³/mol. The Hall–Kier alpha value is -1.83. The third-order valence-corrected chi connectivity index (χ3v) is 4.73. The zero-order valence-electron chi connectivity index (χ0n) is 15.9. The van der Waals surface area contributed by atoms with Crippen LogP contribution in [-0.2, 0) is 0 Å². The number of amides is 1. The van der Waals surface area contributed by atoms with Gasteiger partial charge in [0.15, 0.2) is 0 Å². The van der Waals surface area contributed by atoms with Crippen molar-refractivity contribution < 1.29 is 9.90 Å². The van der Waals surface area contributed by atoms with E-state index in [0.29, 0.717) is 11.6 Å². The maximum Gasteiger partial charge on any atom is 0.253 e. The Morgan fingerprint density at radius 1 is 1.16 bits per heavy atom. The number of rotatable bonds is 5. The van der Waals surface area contributed by atoms with Gasteiger partial charge in [-0.1, -0.05) is 24.7 Å².